The number of H-pyrrole nitrogens is 2. The van der Waals surface area contributed by atoms with Gasteiger partial charge in [0.05, 0.1) is 44.4 Å². The van der Waals surface area contributed by atoms with Gasteiger partial charge in [-0.25, -0.2) is 14.6 Å². The van der Waals surface area contributed by atoms with Crippen LogP contribution in [0.15, 0.2) is 66.9 Å². The van der Waals surface area contributed by atoms with Gasteiger partial charge >= 0.3 is 12.2 Å². The molecule has 4 aromatic rings. The molecule has 2 aromatic carbocycles. The second-order valence-corrected chi connectivity index (χ2v) is 14.9. The van der Waals surface area contributed by atoms with E-state index in [1.165, 1.54) is 28.4 Å². The van der Waals surface area contributed by atoms with Gasteiger partial charge < -0.3 is 49.3 Å². The zero-order valence-electron chi connectivity index (χ0n) is 34.1. The summed E-state index contributed by atoms with van der Waals surface area (Å²) in [7, 11) is 5.56. The highest BCUT2D eigenvalue weighted by atomic mass is 16.5. The second-order valence-electron chi connectivity index (χ2n) is 14.9. The summed E-state index contributed by atoms with van der Waals surface area (Å²) in [5.41, 5.74) is 7.02. The van der Waals surface area contributed by atoms with Crippen LogP contribution in [0.3, 0.4) is 0 Å². The van der Waals surface area contributed by atoms with Gasteiger partial charge in [-0.2, -0.15) is 0 Å². The first-order valence-corrected chi connectivity index (χ1v) is 19.8. The molecule has 0 radical (unpaired) electrons. The molecule has 310 valence electrons. The lowest BCUT2D eigenvalue weighted by Crippen LogP contribution is -2.55. The van der Waals surface area contributed by atoms with Gasteiger partial charge in [0.1, 0.15) is 17.9 Å². The Morgan fingerprint density at radius 2 is 1.21 bits per heavy atom. The monoisotopic (exact) mass is 797 g/mol. The van der Waals surface area contributed by atoms with E-state index in [1.807, 2.05) is 4.90 Å². The van der Waals surface area contributed by atoms with Crippen molar-refractivity contribution in [3.63, 3.8) is 0 Å². The predicted octanol–water partition coefficient (Wildman–Crippen LogP) is 5.84. The third-order valence-electron chi connectivity index (χ3n) is 11.4. The number of hydrogen-bond acceptors (Lipinski definition) is 9. The number of aromatic amines is 2. The summed E-state index contributed by atoms with van der Waals surface area (Å²) in [6.07, 6.45) is 4.35. The van der Waals surface area contributed by atoms with E-state index in [1.54, 1.807) is 24.9 Å². The molecule has 2 saturated heterocycles. The van der Waals surface area contributed by atoms with Gasteiger partial charge in [0.25, 0.3) is 0 Å². The lowest BCUT2D eigenvalue weighted by Gasteiger charge is -2.37. The number of nitrogens with one attached hydrogen (secondary N) is 4. The van der Waals surface area contributed by atoms with E-state index < -0.39 is 36.5 Å². The third-order valence-corrected chi connectivity index (χ3v) is 11.4. The maximum Gasteiger partial charge on any atom is 0.407 e. The SMILES string of the molecule is COC(=O)N[C@H](C(=O)N1CCC[C@H]1Cc1ccc(-c2ccc(-c3ccc(-c4cnc([C@@H]5CCCCN5C(=O)[C@@H](NC(=O)OC)[C@@H](C)OC)[nH]4)cc3)cc2)[nH]1)[C@@H](C)OC. The van der Waals surface area contributed by atoms with Crippen LogP contribution in [0.4, 0.5) is 9.59 Å². The first-order chi connectivity index (χ1) is 28.0. The number of ether oxygens (including phenoxy) is 4. The Morgan fingerprint density at radius 3 is 1.78 bits per heavy atom. The minimum atomic E-state index is -0.898. The predicted molar refractivity (Wildman–Crippen MR) is 218 cm³/mol. The molecule has 0 spiro atoms. The van der Waals surface area contributed by atoms with Crippen molar-refractivity contribution in [3.8, 4) is 33.6 Å². The molecule has 4 heterocycles. The van der Waals surface area contributed by atoms with E-state index in [9.17, 15) is 19.2 Å². The van der Waals surface area contributed by atoms with Crippen molar-refractivity contribution in [1.29, 1.82) is 0 Å². The van der Waals surface area contributed by atoms with Crippen LogP contribution in [0.1, 0.15) is 63.5 Å². The summed E-state index contributed by atoms with van der Waals surface area (Å²) in [4.78, 5) is 66.7. The number of carbonyl (C=O) groups excluding carboxylic acids is 4. The zero-order chi connectivity index (χ0) is 41.3. The molecule has 4 amide bonds. The maximum atomic E-state index is 13.8. The minimum Gasteiger partial charge on any atom is -0.453 e. The Bertz CT molecular complexity index is 2010. The summed E-state index contributed by atoms with van der Waals surface area (Å²) in [5.74, 6) is 0.284. The molecule has 0 aliphatic carbocycles. The Hall–Kier alpha value is -5.67. The van der Waals surface area contributed by atoms with Crippen LogP contribution < -0.4 is 10.6 Å². The topological polar surface area (TPSA) is 180 Å². The molecule has 2 aliphatic heterocycles. The number of methoxy groups -OCH3 is 4. The first-order valence-electron chi connectivity index (χ1n) is 19.8. The molecule has 2 aliphatic rings. The van der Waals surface area contributed by atoms with Crippen molar-refractivity contribution in [2.45, 2.75) is 88.7 Å². The van der Waals surface area contributed by atoms with Gasteiger partial charge in [0.2, 0.25) is 11.8 Å². The molecule has 0 unspecified atom stereocenters. The normalized spacial score (nSPS) is 18.9. The van der Waals surface area contributed by atoms with Crippen LogP contribution in [0, 0.1) is 0 Å². The highest BCUT2D eigenvalue weighted by Gasteiger charge is 2.38. The molecule has 4 N–H and O–H groups in total. The van der Waals surface area contributed by atoms with Crippen molar-refractivity contribution in [3.05, 3.63) is 78.4 Å². The molecule has 6 rings (SSSR count). The van der Waals surface area contributed by atoms with Gasteiger partial charge in [0.15, 0.2) is 0 Å². The molecule has 2 fully saturated rings. The minimum absolute atomic E-state index is 0.00512. The van der Waals surface area contributed by atoms with Crippen LogP contribution in [-0.2, 0) is 35.0 Å². The van der Waals surface area contributed by atoms with E-state index in [0.717, 1.165) is 71.4 Å². The molecule has 58 heavy (non-hydrogen) atoms. The number of alkyl carbamates (subject to hydrolysis) is 2. The third kappa shape index (κ3) is 9.54. The fourth-order valence-corrected chi connectivity index (χ4v) is 7.90. The number of carbonyl (C=O) groups is 4. The summed E-state index contributed by atoms with van der Waals surface area (Å²) < 4.78 is 20.4. The van der Waals surface area contributed by atoms with Gasteiger partial charge in [-0.15, -0.1) is 0 Å². The average Bonchev–Trinajstić information content (AvgIpc) is 4.06. The molecule has 6 atom stereocenters. The summed E-state index contributed by atoms with van der Waals surface area (Å²) in [6, 6.07) is 18.8. The fraction of sp³-hybridized carbons (Fsp3) is 0.465. The molecule has 0 saturated carbocycles. The number of benzene rings is 2. The number of nitrogens with zero attached hydrogens (tertiary/aromatic N) is 3. The van der Waals surface area contributed by atoms with Crippen LogP contribution >= 0.6 is 0 Å². The second kappa shape index (κ2) is 19.2. The summed E-state index contributed by atoms with van der Waals surface area (Å²) in [5, 5.41) is 5.29. The van der Waals surface area contributed by atoms with Crippen molar-refractivity contribution in [2.24, 2.45) is 0 Å². The van der Waals surface area contributed by atoms with Crippen LogP contribution in [-0.4, -0.2) is 121 Å². The van der Waals surface area contributed by atoms with E-state index in [-0.39, 0.29) is 23.9 Å². The number of imidazole rings is 1. The maximum absolute atomic E-state index is 13.8. The van der Waals surface area contributed by atoms with Crippen molar-refractivity contribution in [1.82, 2.24) is 35.4 Å². The first kappa shape index (κ1) is 41.9. The lowest BCUT2D eigenvalue weighted by molar-refractivity contribution is -0.140. The molecular formula is C43H55N7O8. The molecule has 2 aromatic heterocycles. The fourth-order valence-electron chi connectivity index (χ4n) is 7.90. The highest BCUT2D eigenvalue weighted by Crippen LogP contribution is 2.33. The number of rotatable bonds is 14. The smallest absolute Gasteiger partial charge is 0.407 e. The highest BCUT2D eigenvalue weighted by molar-refractivity contribution is 5.87. The van der Waals surface area contributed by atoms with Gasteiger partial charge in [-0.1, -0.05) is 48.5 Å². The van der Waals surface area contributed by atoms with Crippen molar-refractivity contribution >= 4 is 24.0 Å². The average molecular weight is 798 g/mol. The Labute approximate surface area is 339 Å². The van der Waals surface area contributed by atoms with E-state index >= 15 is 0 Å². The largest absolute Gasteiger partial charge is 0.453 e. The number of aromatic nitrogens is 3. The Morgan fingerprint density at radius 1 is 0.672 bits per heavy atom. The standard InChI is InChI=1S/C43H55N7O8/c1-26(55-3)37(47-42(53)57-5)40(51)49-23-9-10-33(49)24-32-20-21-34(45-32)30-16-12-28(13-17-30)29-14-18-31(19-15-29)35-25-44-39(46-35)36-11-7-8-22-50(36)41(52)38(27(2)56-4)48-43(54)58-6/h12-21,25-27,33,36-38,45H,7-11,22-24H2,1-6H3,(H,44,46)(H,47,53)(H,48,54)/t26-,27-,33+,36+,37+,38+/m1/s1. The number of hydrogen-bond donors (Lipinski definition) is 4. The van der Waals surface area contributed by atoms with Gasteiger partial charge in [-0.3, -0.25) is 9.59 Å². The summed E-state index contributed by atoms with van der Waals surface area (Å²) in [6.45, 7) is 4.66. The number of piperidine rings is 1. The van der Waals surface area contributed by atoms with Crippen molar-refractivity contribution in [2.75, 3.05) is 41.5 Å². The molecule has 0 bridgehead atoms. The quantitative estimate of drug-likeness (QED) is 0.122. The number of likely N-dealkylation sites (tertiary alicyclic amines) is 2. The van der Waals surface area contributed by atoms with Crippen LogP contribution in [0.25, 0.3) is 33.6 Å². The van der Waals surface area contributed by atoms with E-state index in [2.05, 4.69) is 81.3 Å². The van der Waals surface area contributed by atoms with Crippen LogP contribution in [0.2, 0.25) is 0 Å². The number of amides is 4. The van der Waals surface area contributed by atoms with Crippen LogP contribution in [0.5, 0.6) is 0 Å². The molecular weight excluding hydrogens is 743 g/mol. The Balaban J connectivity index is 1.09. The zero-order valence-corrected chi connectivity index (χ0v) is 34.1. The van der Waals surface area contributed by atoms with Crippen molar-refractivity contribution < 1.29 is 38.1 Å². The van der Waals surface area contributed by atoms with Gasteiger partial charge in [-0.05, 0) is 80.3 Å². The molecule has 15 nitrogen and oxygen atoms in total. The summed E-state index contributed by atoms with van der Waals surface area (Å²) >= 11 is 0. The Kier molecular flexibility index (Phi) is 13.9. The van der Waals surface area contributed by atoms with Gasteiger partial charge in [0, 0.05) is 51.2 Å². The van der Waals surface area contributed by atoms with E-state index in [0.29, 0.717) is 25.3 Å². The lowest BCUT2D eigenvalue weighted by atomic mass is 9.99. The van der Waals surface area contributed by atoms with E-state index in [4.69, 9.17) is 23.9 Å². The molecule has 15 heteroatoms.